The summed E-state index contributed by atoms with van der Waals surface area (Å²) in [5.74, 6) is 1.44. The van der Waals surface area contributed by atoms with Crippen LogP contribution in [0.15, 0.2) is 42.6 Å². The number of hydrogen-bond donors (Lipinski definition) is 0. The molecule has 0 aliphatic heterocycles. The summed E-state index contributed by atoms with van der Waals surface area (Å²) in [4.78, 5) is 17.3. The first-order valence-electron chi connectivity index (χ1n) is 13.5. The van der Waals surface area contributed by atoms with Crippen molar-refractivity contribution in [1.29, 1.82) is 0 Å². The van der Waals surface area contributed by atoms with Crippen molar-refractivity contribution in [3.05, 3.63) is 48.2 Å². The highest BCUT2D eigenvalue weighted by atomic mass is 16.5. The highest BCUT2D eigenvalue weighted by Gasteiger charge is 2.27. The molecule has 0 N–H and O–H groups in total. The van der Waals surface area contributed by atoms with E-state index < -0.39 is 0 Å². The number of hydrogen-bond acceptors (Lipinski definition) is 3. The molecule has 33 heavy (non-hydrogen) atoms. The largest absolute Gasteiger partial charge is 0.426 e. The van der Waals surface area contributed by atoms with E-state index in [4.69, 9.17) is 4.74 Å². The van der Waals surface area contributed by atoms with Crippen molar-refractivity contribution >= 4 is 5.97 Å². The Labute approximate surface area is 201 Å². The third kappa shape index (κ3) is 8.61. The molecule has 1 saturated carbocycles. The smallest absolute Gasteiger partial charge is 0.314 e. The molecule has 1 aromatic carbocycles. The number of rotatable bonds is 13. The van der Waals surface area contributed by atoms with Crippen LogP contribution in [0.25, 0.3) is 11.3 Å². The van der Waals surface area contributed by atoms with E-state index in [0.717, 1.165) is 36.4 Å². The van der Waals surface area contributed by atoms with Crippen molar-refractivity contribution in [1.82, 2.24) is 4.98 Å². The first kappa shape index (κ1) is 25.5. The lowest BCUT2D eigenvalue weighted by atomic mass is 9.80. The number of esters is 1. The maximum Gasteiger partial charge on any atom is 0.314 e. The summed E-state index contributed by atoms with van der Waals surface area (Å²) in [6, 6.07) is 12.0. The van der Waals surface area contributed by atoms with Crippen molar-refractivity contribution in [2.75, 3.05) is 0 Å². The number of aromatic nitrogens is 1. The summed E-state index contributed by atoms with van der Waals surface area (Å²) in [6.07, 6.45) is 19.3. The fourth-order valence-electron chi connectivity index (χ4n) is 4.92. The standard InChI is InChI=1S/C30H43NO2/c1-3-5-7-8-9-10-12-24-13-16-27(17-14-24)30(32)33-28-20-18-26(19-21-28)29-22-15-25(23-31-29)11-6-4-2/h15,18-24,27H,3-14,16-17H2,1-2H3. The number of nitrogens with zero attached hydrogens (tertiary/aromatic N) is 1. The van der Waals surface area contributed by atoms with E-state index in [1.807, 2.05) is 30.5 Å². The predicted octanol–water partition coefficient (Wildman–Crippen LogP) is 8.55. The van der Waals surface area contributed by atoms with Crippen LogP contribution in [0.3, 0.4) is 0 Å². The average molecular weight is 450 g/mol. The zero-order chi connectivity index (χ0) is 23.3. The molecule has 1 aliphatic carbocycles. The molecule has 0 unspecified atom stereocenters. The van der Waals surface area contributed by atoms with Gasteiger partial charge in [-0.25, -0.2) is 0 Å². The molecule has 1 aromatic heterocycles. The van der Waals surface area contributed by atoms with Crippen LogP contribution < -0.4 is 4.74 Å². The first-order valence-corrected chi connectivity index (χ1v) is 13.5. The molecule has 0 spiro atoms. The molecule has 0 saturated heterocycles. The molecule has 180 valence electrons. The van der Waals surface area contributed by atoms with Crippen molar-refractivity contribution in [2.45, 2.75) is 104 Å². The molecule has 1 heterocycles. The molecule has 0 bridgehead atoms. The Morgan fingerprint density at radius 2 is 1.55 bits per heavy atom. The fourth-order valence-corrected chi connectivity index (χ4v) is 4.92. The minimum absolute atomic E-state index is 0.0563. The zero-order valence-corrected chi connectivity index (χ0v) is 20.9. The van der Waals surface area contributed by atoms with Crippen LogP contribution in [0.4, 0.5) is 0 Å². The normalized spacial score (nSPS) is 18.2. The molecule has 0 radical (unpaired) electrons. The monoisotopic (exact) mass is 449 g/mol. The van der Waals surface area contributed by atoms with E-state index in [1.165, 1.54) is 76.2 Å². The van der Waals surface area contributed by atoms with Gasteiger partial charge in [-0.05, 0) is 80.3 Å². The van der Waals surface area contributed by atoms with Gasteiger partial charge in [-0.15, -0.1) is 0 Å². The van der Waals surface area contributed by atoms with Crippen molar-refractivity contribution in [2.24, 2.45) is 11.8 Å². The molecule has 0 atom stereocenters. The summed E-state index contributed by atoms with van der Waals surface area (Å²) in [5.41, 5.74) is 3.29. The lowest BCUT2D eigenvalue weighted by molar-refractivity contribution is -0.140. The number of pyridine rings is 1. The predicted molar refractivity (Wildman–Crippen MR) is 137 cm³/mol. The molecule has 0 amide bonds. The van der Waals surface area contributed by atoms with Crippen LogP contribution in [0.1, 0.15) is 103 Å². The lowest BCUT2D eigenvalue weighted by Gasteiger charge is -2.27. The number of ether oxygens (including phenoxy) is 1. The minimum atomic E-state index is -0.0563. The van der Waals surface area contributed by atoms with Crippen LogP contribution in [0, 0.1) is 11.8 Å². The van der Waals surface area contributed by atoms with Crippen LogP contribution in [-0.4, -0.2) is 11.0 Å². The Bertz CT molecular complexity index is 804. The van der Waals surface area contributed by atoms with Crippen molar-refractivity contribution < 1.29 is 9.53 Å². The molecule has 3 heteroatoms. The van der Waals surface area contributed by atoms with E-state index in [-0.39, 0.29) is 11.9 Å². The summed E-state index contributed by atoms with van der Waals surface area (Å²) in [6.45, 7) is 4.47. The second kappa shape index (κ2) is 14.2. The Hall–Kier alpha value is -2.16. The van der Waals surface area contributed by atoms with E-state index in [2.05, 4.69) is 31.0 Å². The van der Waals surface area contributed by atoms with Gasteiger partial charge in [0.15, 0.2) is 0 Å². The number of benzene rings is 1. The van der Waals surface area contributed by atoms with Gasteiger partial charge in [0.25, 0.3) is 0 Å². The van der Waals surface area contributed by atoms with Crippen LogP contribution in [-0.2, 0) is 11.2 Å². The number of carbonyl (C=O) groups is 1. The van der Waals surface area contributed by atoms with E-state index >= 15 is 0 Å². The van der Waals surface area contributed by atoms with Gasteiger partial charge in [-0.2, -0.15) is 0 Å². The van der Waals surface area contributed by atoms with Gasteiger partial charge in [-0.3, -0.25) is 9.78 Å². The van der Waals surface area contributed by atoms with Crippen LogP contribution in [0.5, 0.6) is 5.75 Å². The summed E-state index contributed by atoms with van der Waals surface area (Å²) < 4.78 is 5.72. The highest BCUT2D eigenvalue weighted by molar-refractivity contribution is 5.75. The SMILES string of the molecule is CCCCCCCCC1CCC(C(=O)Oc2ccc(-c3ccc(CCCC)cn3)cc2)CC1. The second-order valence-electron chi connectivity index (χ2n) is 9.87. The van der Waals surface area contributed by atoms with Gasteiger partial charge in [0.05, 0.1) is 11.6 Å². The van der Waals surface area contributed by atoms with Gasteiger partial charge in [0.2, 0.25) is 0 Å². The zero-order valence-electron chi connectivity index (χ0n) is 20.9. The summed E-state index contributed by atoms with van der Waals surface area (Å²) >= 11 is 0. The number of carbonyl (C=O) groups excluding carboxylic acids is 1. The summed E-state index contributed by atoms with van der Waals surface area (Å²) in [5, 5.41) is 0. The molecular weight excluding hydrogens is 406 g/mol. The van der Waals surface area contributed by atoms with Crippen molar-refractivity contribution in [3.8, 4) is 17.0 Å². The topological polar surface area (TPSA) is 39.2 Å². The Balaban J connectivity index is 1.39. The van der Waals surface area contributed by atoms with E-state index in [9.17, 15) is 4.79 Å². The highest BCUT2D eigenvalue weighted by Crippen LogP contribution is 2.33. The van der Waals surface area contributed by atoms with Crippen LogP contribution >= 0.6 is 0 Å². The minimum Gasteiger partial charge on any atom is -0.426 e. The summed E-state index contributed by atoms with van der Waals surface area (Å²) in [7, 11) is 0. The molecule has 3 rings (SSSR count). The van der Waals surface area contributed by atoms with Gasteiger partial charge in [0, 0.05) is 11.8 Å². The van der Waals surface area contributed by atoms with Gasteiger partial charge in [-0.1, -0.05) is 71.3 Å². The Kier molecular flexibility index (Phi) is 10.9. The number of aryl methyl sites for hydroxylation is 1. The third-order valence-electron chi connectivity index (χ3n) is 7.16. The average Bonchev–Trinajstić information content (AvgIpc) is 2.86. The Morgan fingerprint density at radius 1 is 0.848 bits per heavy atom. The fraction of sp³-hybridized carbons (Fsp3) is 0.600. The maximum absolute atomic E-state index is 12.7. The van der Waals surface area contributed by atoms with Gasteiger partial charge < -0.3 is 4.74 Å². The molecule has 3 nitrogen and oxygen atoms in total. The quantitative estimate of drug-likeness (QED) is 0.175. The lowest BCUT2D eigenvalue weighted by Crippen LogP contribution is -2.25. The first-order chi connectivity index (χ1) is 16.2. The third-order valence-corrected chi connectivity index (χ3v) is 7.16. The molecule has 1 fully saturated rings. The number of unbranched alkanes of at least 4 members (excludes halogenated alkanes) is 6. The molecule has 1 aliphatic rings. The van der Waals surface area contributed by atoms with E-state index in [0.29, 0.717) is 5.75 Å². The van der Waals surface area contributed by atoms with Crippen LogP contribution in [0.2, 0.25) is 0 Å². The molecule has 2 aromatic rings. The van der Waals surface area contributed by atoms with Gasteiger partial charge >= 0.3 is 5.97 Å². The van der Waals surface area contributed by atoms with Crippen molar-refractivity contribution in [3.63, 3.8) is 0 Å². The molecular formula is C30H43NO2. The second-order valence-corrected chi connectivity index (χ2v) is 9.87. The van der Waals surface area contributed by atoms with E-state index in [1.54, 1.807) is 0 Å². The van der Waals surface area contributed by atoms with Gasteiger partial charge in [0.1, 0.15) is 5.75 Å². The Morgan fingerprint density at radius 3 is 2.21 bits per heavy atom. The maximum atomic E-state index is 12.7.